The van der Waals surface area contributed by atoms with Crippen molar-refractivity contribution >= 4 is 5.91 Å². The number of aryl methyl sites for hydroxylation is 1. The summed E-state index contributed by atoms with van der Waals surface area (Å²) in [6, 6.07) is 6.38. The van der Waals surface area contributed by atoms with Gasteiger partial charge in [0.15, 0.2) is 0 Å². The lowest BCUT2D eigenvalue weighted by Gasteiger charge is -2.26. The van der Waals surface area contributed by atoms with Crippen LogP contribution in [0, 0.1) is 0 Å². The van der Waals surface area contributed by atoms with Crippen LogP contribution in [-0.4, -0.2) is 19.6 Å². The molecular weight excluding hydrogens is 250 g/mol. The Kier molecular flexibility index (Phi) is 5.22. The van der Waals surface area contributed by atoms with Gasteiger partial charge in [0.1, 0.15) is 5.75 Å². The minimum Gasteiger partial charge on any atom is -0.497 e. The lowest BCUT2D eigenvalue weighted by atomic mass is 9.81. The first-order valence-electron chi connectivity index (χ1n) is 7.32. The zero-order valence-corrected chi connectivity index (χ0v) is 12.3. The number of nitrogens with one attached hydrogen (secondary N) is 1. The Morgan fingerprint density at radius 3 is 3.10 bits per heavy atom. The van der Waals surface area contributed by atoms with Crippen molar-refractivity contribution in [3.8, 4) is 5.75 Å². The van der Waals surface area contributed by atoms with Gasteiger partial charge in [-0.25, -0.2) is 0 Å². The second kappa shape index (κ2) is 7.13. The maximum Gasteiger partial charge on any atom is 0.243 e. The van der Waals surface area contributed by atoms with Crippen LogP contribution >= 0.6 is 0 Å². The molecular formula is C17H23NO2. The molecule has 1 unspecified atom stereocenters. The van der Waals surface area contributed by atoms with E-state index in [0.717, 1.165) is 25.1 Å². The van der Waals surface area contributed by atoms with Gasteiger partial charge in [0.05, 0.1) is 7.11 Å². The molecule has 1 aliphatic rings. The molecule has 108 valence electrons. The van der Waals surface area contributed by atoms with Crippen LogP contribution in [0.3, 0.4) is 0 Å². The molecule has 1 aliphatic carbocycles. The van der Waals surface area contributed by atoms with E-state index < -0.39 is 0 Å². The Labute approximate surface area is 121 Å². The molecule has 0 bridgehead atoms. The fraction of sp³-hybridized carbons (Fsp3) is 0.471. The van der Waals surface area contributed by atoms with Gasteiger partial charge in [-0.1, -0.05) is 12.1 Å². The summed E-state index contributed by atoms with van der Waals surface area (Å²) in [6.07, 6.45) is 7.89. The van der Waals surface area contributed by atoms with E-state index >= 15 is 0 Å². The van der Waals surface area contributed by atoms with Crippen molar-refractivity contribution in [2.24, 2.45) is 0 Å². The van der Waals surface area contributed by atoms with Gasteiger partial charge in [0.25, 0.3) is 0 Å². The van der Waals surface area contributed by atoms with E-state index in [-0.39, 0.29) is 5.91 Å². The lowest BCUT2D eigenvalue weighted by Crippen LogP contribution is -2.24. The Morgan fingerprint density at radius 1 is 1.50 bits per heavy atom. The minimum absolute atomic E-state index is 0.00539. The molecule has 0 saturated carbocycles. The molecule has 0 aliphatic heterocycles. The monoisotopic (exact) mass is 273 g/mol. The van der Waals surface area contributed by atoms with Crippen LogP contribution < -0.4 is 10.1 Å². The summed E-state index contributed by atoms with van der Waals surface area (Å²) in [6.45, 7) is 2.58. The average Bonchev–Trinajstić information content (AvgIpc) is 2.47. The fourth-order valence-electron chi connectivity index (χ4n) is 2.88. The number of benzene rings is 1. The molecule has 0 heterocycles. The van der Waals surface area contributed by atoms with Crippen molar-refractivity contribution in [2.75, 3.05) is 13.7 Å². The summed E-state index contributed by atoms with van der Waals surface area (Å²) in [7, 11) is 1.71. The largest absolute Gasteiger partial charge is 0.497 e. The molecule has 1 aromatic rings. The first-order chi connectivity index (χ1) is 9.74. The highest BCUT2D eigenvalue weighted by Gasteiger charge is 2.20. The summed E-state index contributed by atoms with van der Waals surface area (Å²) in [5.41, 5.74) is 2.83. The van der Waals surface area contributed by atoms with Gasteiger partial charge in [-0.2, -0.15) is 0 Å². The SMILES string of the molecule is CC=CC(=O)NCCC1CCCc2ccc(OC)cc21. The number of hydrogen-bond donors (Lipinski definition) is 1. The van der Waals surface area contributed by atoms with E-state index in [2.05, 4.69) is 17.4 Å². The van der Waals surface area contributed by atoms with Crippen molar-refractivity contribution in [3.63, 3.8) is 0 Å². The number of methoxy groups -OCH3 is 1. The third-order valence-electron chi connectivity index (χ3n) is 3.90. The summed E-state index contributed by atoms with van der Waals surface area (Å²) in [5.74, 6) is 1.45. The summed E-state index contributed by atoms with van der Waals surface area (Å²) >= 11 is 0. The van der Waals surface area contributed by atoms with E-state index in [0.29, 0.717) is 5.92 Å². The normalized spacial score (nSPS) is 17.8. The van der Waals surface area contributed by atoms with Gasteiger partial charge in [-0.3, -0.25) is 4.79 Å². The molecule has 1 N–H and O–H groups in total. The maximum atomic E-state index is 11.4. The molecule has 20 heavy (non-hydrogen) atoms. The highest BCUT2D eigenvalue weighted by Crippen LogP contribution is 2.35. The molecule has 0 aromatic heterocycles. The first-order valence-corrected chi connectivity index (χ1v) is 7.32. The van der Waals surface area contributed by atoms with Gasteiger partial charge in [0, 0.05) is 6.54 Å². The number of carbonyl (C=O) groups is 1. The molecule has 3 heteroatoms. The zero-order valence-electron chi connectivity index (χ0n) is 12.3. The third-order valence-corrected chi connectivity index (χ3v) is 3.90. The van der Waals surface area contributed by atoms with Crippen molar-refractivity contribution in [1.82, 2.24) is 5.32 Å². The van der Waals surface area contributed by atoms with Crippen molar-refractivity contribution < 1.29 is 9.53 Å². The van der Waals surface area contributed by atoms with Crippen LogP contribution in [0.4, 0.5) is 0 Å². The van der Waals surface area contributed by atoms with Crippen LogP contribution in [0.15, 0.2) is 30.4 Å². The lowest BCUT2D eigenvalue weighted by molar-refractivity contribution is -0.116. The van der Waals surface area contributed by atoms with Crippen LogP contribution in [0.25, 0.3) is 0 Å². The quantitative estimate of drug-likeness (QED) is 0.837. The molecule has 1 atom stereocenters. The van der Waals surface area contributed by atoms with Crippen LogP contribution in [0.1, 0.15) is 43.2 Å². The Morgan fingerprint density at radius 2 is 2.35 bits per heavy atom. The number of hydrogen-bond acceptors (Lipinski definition) is 2. The Hall–Kier alpha value is -1.77. The predicted octanol–water partition coefficient (Wildman–Crippen LogP) is 3.20. The van der Waals surface area contributed by atoms with Gasteiger partial charge < -0.3 is 10.1 Å². The summed E-state index contributed by atoms with van der Waals surface area (Å²) in [4.78, 5) is 11.4. The molecule has 0 spiro atoms. The second-order valence-electron chi connectivity index (χ2n) is 5.23. The van der Waals surface area contributed by atoms with E-state index in [4.69, 9.17) is 4.74 Å². The van der Waals surface area contributed by atoms with Crippen LogP contribution in [-0.2, 0) is 11.2 Å². The second-order valence-corrected chi connectivity index (χ2v) is 5.23. The van der Waals surface area contributed by atoms with Gasteiger partial charge in [-0.15, -0.1) is 0 Å². The molecule has 0 saturated heterocycles. The molecule has 2 rings (SSSR count). The maximum absolute atomic E-state index is 11.4. The molecule has 0 fully saturated rings. The van der Waals surface area contributed by atoms with E-state index in [1.807, 2.05) is 13.0 Å². The smallest absolute Gasteiger partial charge is 0.243 e. The number of fused-ring (bicyclic) bond motifs is 1. The van der Waals surface area contributed by atoms with Crippen molar-refractivity contribution in [2.45, 2.75) is 38.5 Å². The molecule has 1 aromatic carbocycles. The predicted molar refractivity (Wildman–Crippen MR) is 81.1 cm³/mol. The van der Waals surface area contributed by atoms with Gasteiger partial charge in [0.2, 0.25) is 5.91 Å². The number of ether oxygens (including phenoxy) is 1. The minimum atomic E-state index is -0.00539. The van der Waals surface area contributed by atoms with Crippen molar-refractivity contribution in [1.29, 1.82) is 0 Å². The zero-order chi connectivity index (χ0) is 14.4. The number of amides is 1. The van der Waals surface area contributed by atoms with Gasteiger partial charge >= 0.3 is 0 Å². The van der Waals surface area contributed by atoms with E-state index in [1.54, 1.807) is 19.3 Å². The fourth-order valence-corrected chi connectivity index (χ4v) is 2.88. The number of carbonyl (C=O) groups excluding carboxylic acids is 1. The Bertz CT molecular complexity index is 494. The van der Waals surface area contributed by atoms with Gasteiger partial charge in [-0.05, 0) is 67.9 Å². The van der Waals surface area contributed by atoms with Crippen LogP contribution in [0.5, 0.6) is 5.75 Å². The number of allylic oxidation sites excluding steroid dienone is 1. The summed E-state index contributed by atoms with van der Waals surface area (Å²) < 4.78 is 5.32. The molecule has 3 nitrogen and oxygen atoms in total. The molecule has 0 radical (unpaired) electrons. The summed E-state index contributed by atoms with van der Waals surface area (Å²) in [5, 5.41) is 2.93. The first kappa shape index (κ1) is 14.6. The standard InChI is InChI=1S/C17H23NO2/c1-3-5-17(19)18-11-10-14-7-4-6-13-8-9-15(20-2)12-16(13)14/h3,5,8-9,12,14H,4,6-7,10-11H2,1-2H3,(H,18,19). The van der Waals surface area contributed by atoms with E-state index in [9.17, 15) is 4.79 Å². The Balaban J connectivity index is 1.99. The third kappa shape index (κ3) is 3.62. The van der Waals surface area contributed by atoms with Crippen molar-refractivity contribution in [3.05, 3.63) is 41.5 Å². The van der Waals surface area contributed by atoms with E-state index in [1.165, 1.54) is 24.0 Å². The highest BCUT2D eigenvalue weighted by atomic mass is 16.5. The topological polar surface area (TPSA) is 38.3 Å². The average molecular weight is 273 g/mol. The van der Waals surface area contributed by atoms with Crippen LogP contribution in [0.2, 0.25) is 0 Å². The number of rotatable bonds is 5. The molecule has 1 amide bonds. The highest BCUT2D eigenvalue weighted by molar-refractivity contribution is 5.87.